The number of thiocarbonyl (C=S) groups is 1. The van der Waals surface area contributed by atoms with Crippen molar-refractivity contribution < 1.29 is 14.3 Å². The van der Waals surface area contributed by atoms with Crippen LogP contribution in [-0.2, 0) is 9.59 Å². The highest BCUT2D eigenvalue weighted by Gasteiger charge is 2.29. The van der Waals surface area contributed by atoms with Crippen molar-refractivity contribution in [2.75, 3.05) is 12.0 Å². The van der Waals surface area contributed by atoms with E-state index in [0.717, 1.165) is 0 Å². The maximum absolute atomic E-state index is 11.7. The molecule has 1 aromatic rings. The number of carbonyl (C=O) groups excluding carboxylic acids is 2. The van der Waals surface area contributed by atoms with Crippen LogP contribution in [0.3, 0.4) is 0 Å². The summed E-state index contributed by atoms with van der Waals surface area (Å²) in [5, 5.41) is 2.56. The number of methoxy groups -OCH3 is 1. The van der Waals surface area contributed by atoms with Gasteiger partial charge in [-0.3, -0.25) is 14.5 Å². The molecular formula is C11H10N2O3S. The fourth-order valence-corrected chi connectivity index (χ4v) is 1.86. The van der Waals surface area contributed by atoms with Gasteiger partial charge in [0.2, 0.25) is 11.8 Å². The molecule has 17 heavy (non-hydrogen) atoms. The number of carbonyl (C=O) groups is 2. The molecule has 1 aliphatic rings. The first kappa shape index (κ1) is 11.5. The maximum atomic E-state index is 11.7. The molecule has 0 bridgehead atoms. The molecule has 0 radical (unpaired) electrons. The normalized spacial score (nSPS) is 15.8. The first-order chi connectivity index (χ1) is 8.11. The molecule has 0 aromatic heterocycles. The first-order valence-corrected chi connectivity index (χ1v) is 5.33. The topological polar surface area (TPSA) is 58.6 Å². The Bertz CT molecular complexity index is 464. The number of ether oxygens (including phenoxy) is 1. The van der Waals surface area contributed by atoms with Gasteiger partial charge in [-0.05, 0) is 36.5 Å². The standard InChI is InChI=1S/C11H10N2O3S/c1-16-8-4-2-7(3-5-8)13-10(15)6-9(14)12-11(13)17/h2-5H,6H2,1H3,(H,12,14,17). The predicted molar refractivity (Wildman–Crippen MR) is 65.8 cm³/mol. The number of anilines is 1. The number of amides is 2. The van der Waals surface area contributed by atoms with Crippen molar-refractivity contribution in [1.82, 2.24) is 5.32 Å². The molecule has 1 aromatic carbocycles. The summed E-state index contributed by atoms with van der Waals surface area (Å²) in [6.45, 7) is 0. The van der Waals surface area contributed by atoms with E-state index in [0.29, 0.717) is 11.4 Å². The summed E-state index contributed by atoms with van der Waals surface area (Å²) in [5.74, 6) is -0.0122. The molecule has 0 aliphatic carbocycles. The van der Waals surface area contributed by atoms with E-state index in [9.17, 15) is 9.59 Å². The molecule has 6 heteroatoms. The number of nitrogens with zero attached hydrogens (tertiary/aromatic N) is 1. The first-order valence-electron chi connectivity index (χ1n) is 4.92. The Morgan fingerprint density at radius 2 is 1.94 bits per heavy atom. The second-order valence-electron chi connectivity index (χ2n) is 3.46. The summed E-state index contributed by atoms with van der Waals surface area (Å²) >= 11 is 4.97. The average molecular weight is 250 g/mol. The molecule has 0 saturated carbocycles. The zero-order valence-corrected chi connectivity index (χ0v) is 9.91. The molecule has 88 valence electrons. The largest absolute Gasteiger partial charge is 0.497 e. The summed E-state index contributed by atoms with van der Waals surface area (Å²) in [6, 6.07) is 6.87. The molecule has 2 amide bonds. The Morgan fingerprint density at radius 1 is 1.29 bits per heavy atom. The molecule has 1 saturated heterocycles. The average Bonchev–Trinajstić information content (AvgIpc) is 2.28. The molecule has 1 aliphatic heterocycles. The summed E-state index contributed by atoms with van der Waals surface area (Å²) in [4.78, 5) is 24.1. The molecule has 0 atom stereocenters. The summed E-state index contributed by atoms with van der Waals surface area (Å²) in [5.41, 5.74) is 0.612. The lowest BCUT2D eigenvalue weighted by Crippen LogP contribution is -2.52. The maximum Gasteiger partial charge on any atom is 0.242 e. The Labute approximate surface area is 103 Å². The van der Waals surface area contributed by atoms with Gasteiger partial charge in [-0.15, -0.1) is 0 Å². The number of nitrogens with one attached hydrogen (secondary N) is 1. The minimum atomic E-state index is -0.371. The zero-order valence-electron chi connectivity index (χ0n) is 9.10. The summed E-state index contributed by atoms with van der Waals surface area (Å²) in [7, 11) is 1.56. The lowest BCUT2D eigenvalue weighted by molar-refractivity contribution is -0.127. The molecule has 5 nitrogen and oxygen atoms in total. The molecular weight excluding hydrogens is 240 g/mol. The molecule has 1 heterocycles. The zero-order chi connectivity index (χ0) is 12.4. The van der Waals surface area contributed by atoms with Crippen molar-refractivity contribution in [2.24, 2.45) is 0 Å². The van der Waals surface area contributed by atoms with Crippen LogP contribution in [-0.4, -0.2) is 24.0 Å². The lowest BCUT2D eigenvalue weighted by Gasteiger charge is -2.27. The summed E-state index contributed by atoms with van der Waals surface area (Å²) < 4.78 is 5.02. The van der Waals surface area contributed by atoms with Crippen LogP contribution in [0.15, 0.2) is 24.3 Å². The Balaban J connectivity index is 2.28. The van der Waals surface area contributed by atoms with Crippen LogP contribution in [0.5, 0.6) is 5.75 Å². The van der Waals surface area contributed by atoms with Gasteiger partial charge in [-0.25, -0.2) is 0 Å². The van der Waals surface area contributed by atoms with Gasteiger partial charge in [-0.2, -0.15) is 0 Å². The van der Waals surface area contributed by atoms with E-state index in [2.05, 4.69) is 5.32 Å². The van der Waals surface area contributed by atoms with E-state index in [-0.39, 0.29) is 23.3 Å². The van der Waals surface area contributed by atoms with E-state index in [4.69, 9.17) is 17.0 Å². The highest BCUT2D eigenvalue weighted by atomic mass is 32.1. The van der Waals surface area contributed by atoms with Crippen LogP contribution < -0.4 is 15.0 Å². The van der Waals surface area contributed by atoms with Crippen LogP contribution in [0.2, 0.25) is 0 Å². The van der Waals surface area contributed by atoms with E-state index in [1.54, 1.807) is 31.4 Å². The second-order valence-corrected chi connectivity index (χ2v) is 3.84. The highest BCUT2D eigenvalue weighted by Crippen LogP contribution is 2.21. The van der Waals surface area contributed by atoms with Crippen molar-refractivity contribution in [3.05, 3.63) is 24.3 Å². The van der Waals surface area contributed by atoms with Crippen LogP contribution in [0.4, 0.5) is 5.69 Å². The predicted octanol–water partition coefficient (Wildman–Crippen LogP) is 0.833. The van der Waals surface area contributed by atoms with Gasteiger partial charge in [-0.1, -0.05) is 0 Å². The summed E-state index contributed by atoms with van der Waals surface area (Å²) in [6.07, 6.45) is -0.188. The minimum Gasteiger partial charge on any atom is -0.497 e. The second kappa shape index (κ2) is 4.50. The smallest absolute Gasteiger partial charge is 0.242 e. The molecule has 1 N–H and O–H groups in total. The van der Waals surface area contributed by atoms with Gasteiger partial charge in [0, 0.05) is 0 Å². The number of hydrogen-bond acceptors (Lipinski definition) is 4. The van der Waals surface area contributed by atoms with E-state index >= 15 is 0 Å². The van der Waals surface area contributed by atoms with Crippen LogP contribution in [0.1, 0.15) is 6.42 Å². The fraction of sp³-hybridized carbons (Fsp3) is 0.182. The number of benzene rings is 1. The van der Waals surface area contributed by atoms with Gasteiger partial charge in [0.1, 0.15) is 12.2 Å². The Kier molecular flexibility index (Phi) is 3.06. The van der Waals surface area contributed by atoms with Crippen molar-refractivity contribution >= 4 is 34.8 Å². The third-order valence-electron chi connectivity index (χ3n) is 2.34. The van der Waals surface area contributed by atoms with E-state index < -0.39 is 0 Å². The Hall–Kier alpha value is -1.95. The third kappa shape index (κ3) is 2.26. The third-order valence-corrected chi connectivity index (χ3v) is 2.63. The Morgan fingerprint density at radius 3 is 2.47 bits per heavy atom. The van der Waals surface area contributed by atoms with Gasteiger partial charge in [0.15, 0.2) is 5.11 Å². The molecule has 2 rings (SSSR count). The van der Waals surface area contributed by atoms with E-state index in [1.807, 2.05) is 0 Å². The monoisotopic (exact) mass is 250 g/mol. The van der Waals surface area contributed by atoms with Crippen molar-refractivity contribution in [3.63, 3.8) is 0 Å². The van der Waals surface area contributed by atoms with Gasteiger partial charge in [0.05, 0.1) is 12.8 Å². The molecule has 1 fully saturated rings. The number of rotatable bonds is 2. The number of hydrogen-bond donors (Lipinski definition) is 1. The van der Waals surface area contributed by atoms with Gasteiger partial charge < -0.3 is 10.1 Å². The van der Waals surface area contributed by atoms with Crippen LogP contribution >= 0.6 is 12.2 Å². The van der Waals surface area contributed by atoms with Gasteiger partial charge in [0.25, 0.3) is 0 Å². The quantitative estimate of drug-likeness (QED) is 0.624. The fourth-order valence-electron chi connectivity index (χ4n) is 1.54. The van der Waals surface area contributed by atoms with Crippen molar-refractivity contribution in [3.8, 4) is 5.75 Å². The van der Waals surface area contributed by atoms with Crippen molar-refractivity contribution in [2.45, 2.75) is 6.42 Å². The van der Waals surface area contributed by atoms with E-state index in [1.165, 1.54) is 4.90 Å². The lowest BCUT2D eigenvalue weighted by atomic mass is 10.2. The SMILES string of the molecule is COc1ccc(N2C(=O)CC(=O)NC2=S)cc1. The highest BCUT2D eigenvalue weighted by molar-refractivity contribution is 7.80. The van der Waals surface area contributed by atoms with Gasteiger partial charge >= 0.3 is 0 Å². The van der Waals surface area contributed by atoms with Crippen LogP contribution in [0, 0.1) is 0 Å². The van der Waals surface area contributed by atoms with Crippen molar-refractivity contribution in [1.29, 1.82) is 0 Å². The molecule has 0 spiro atoms. The van der Waals surface area contributed by atoms with Crippen LogP contribution in [0.25, 0.3) is 0 Å². The minimum absolute atomic E-state index is 0.108. The molecule has 0 unspecified atom stereocenters.